The molecule has 5 nitrogen and oxygen atoms in total. The van der Waals surface area contributed by atoms with E-state index < -0.39 is 0 Å². The number of hydrogen-bond acceptors (Lipinski definition) is 4. The van der Waals surface area contributed by atoms with Crippen LogP contribution in [-0.4, -0.2) is 48.3 Å². The summed E-state index contributed by atoms with van der Waals surface area (Å²) >= 11 is 0. The minimum Gasteiger partial charge on any atom is -0.497 e. The molecule has 5 heteroatoms. The molecule has 21 heavy (non-hydrogen) atoms. The molecule has 1 amide bonds. The van der Waals surface area contributed by atoms with E-state index in [1.54, 1.807) is 7.11 Å². The van der Waals surface area contributed by atoms with E-state index in [9.17, 15) is 9.90 Å². The quantitative estimate of drug-likeness (QED) is 0.855. The van der Waals surface area contributed by atoms with Crippen LogP contribution in [0, 0.1) is 0 Å². The number of likely N-dealkylation sites (tertiary alicyclic amines) is 1. The van der Waals surface area contributed by atoms with E-state index in [0.717, 1.165) is 30.7 Å². The van der Waals surface area contributed by atoms with Crippen molar-refractivity contribution < 1.29 is 14.6 Å². The van der Waals surface area contributed by atoms with Crippen LogP contribution < -0.4 is 10.1 Å². The highest BCUT2D eigenvalue weighted by molar-refractivity contribution is 5.81. The van der Waals surface area contributed by atoms with Gasteiger partial charge in [0.1, 0.15) is 5.75 Å². The highest BCUT2D eigenvalue weighted by atomic mass is 16.5. The van der Waals surface area contributed by atoms with Gasteiger partial charge in [-0.15, -0.1) is 0 Å². The zero-order chi connectivity index (χ0) is 15.2. The van der Waals surface area contributed by atoms with Gasteiger partial charge in [-0.25, -0.2) is 0 Å². The lowest BCUT2D eigenvalue weighted by Crippen LogP contribution is -2.50. The van der Waals surface area contributed by atoms with E-state index in [4.69, 9.17) is 4.74 Å². The number of amides is 1. The first-order valence-electron chi connectivity index (χ1n) is 7.43. The smallest absolute Gasteiger partial charge is 0.237 e. The summed E-state index contributed by atoms with van der Waals surface area (Å²) < 4.78 is 5.17. The van der Waals surface area contributed by atoms with E-state index in [-0.39, 0.29) is 18.1 Å². The Morgan fingerprint density at radius 3 is 3.10 bits per heavy atom. The number of carbonyl (C=O) groups is 1. The Morgan fingerprint density at radius 1 is 1.57 bits per heavy atom. The summed E-state index contributed by atoms with van der Waals surface area (Å²) in [7, 11) is 1.63. The zero-order valence-corrected chi connectivity index (χ0v) is 12.7. The summed E-state index contributed by atoms with van der Waals surface area (Å²) in [6, 6.07) is 7.44. The first kappa shape index (κ1) is 15.8. The maximum atomic E-state index is 12.2. The molecule has 2 N–H and O–H groups in total. The second kappa shape index (κ2) is 7.43. The van der Waals surface area contributed by atoms with Crippen molar-refractivity contribution in [3.8, 4) is 5.75 Å². The normalized spacial score (nSPS) is 20.8. The fraction of sp³-hybridized carbons (Fsp3) is 0.562. The van der Waals surface area contributed by atoms with E-state index >= 15 is 0 Å². The van der Waals surface area contributed by atoms with Gasteiger partial charge in [0.15, 0.2) is 0 Å². The summed E-state index contributed by atoms with van der Waals surface area (Å²) in [6.45, 7) is 3.81. The molecular weight excluding hydrogens is 268 g/mol. The van der Waals surface area contributed by atoms with Crippen LogP contribution >= 0.6 is 0 Å². The van der Waals surface area contributed by atoms with Gasteiger partial charge in [0.25, 0.3) is 0 Å². The van der Waals surface area contributed by atoms with Crippen molar-refractivity contribution in [2.45, 2.75) is 38.5 Å². The number of piperidine rings is 1. The molecule has 116 valence electrons. The lowest BCUT2D eigenvalue weighted by atomic mass is 10.1. The number of β-amino-alcohol motifs (C(OH)–C–C–N with tert-alkyl or cyclic N) is 1. The molecule has 0 aromatic heterocycles. The van der Waals surface area contributed by atoms with Gasteiger partial charge in [-0.05, 0) is 44.0 Å². The third-order valence-corrected chi connectivity index (χ3v) is 3.96. The second-order valence-corrected chi connectivity index (χ2v) is 5.54. The van der Waals surface area contributed by atoms with Gasteiger partial charge in [-0.3, -0.25) is 9.69 Å². The van der Waals surface area contributed by atoms with E-state index in [1.807, 2.05) is 36.1 Å². The maximum Gasteiger partial charge on any atom is 0.237 e. The topological polar surface area (TPSA) is 61.8 Å². The predicted molar refractivity (Wildman–Crippen MR) is 81.1 cm³/mol. The Morgan fingerprint density at radius 2 is 2.38 bits per heavy atom. The first-order chi connectivity index (χ1) is 10.1. The van der Waals surface area contributed by atoms with Crippen LogP contribution in [0.1, 0.15) is 25.3 Å². The molecule has 2 atom stereocenters. The molecule has 1 heterocycles. The fourth-order valence-electron chi connectivity index (χ4n) is 2.62. The highest BCUT2D eigenvalue weighted by Gasteiger charge is 2.26. The van der Waals surface area contributed by atoms with Crippen molar-refractivity contribution in [3.05, 3.63) is 29.8 Å². The van der Waals surface area contributed by atoms with Gasteiger partial charge in [0.2, 0.25) is 5.91 Å². The molecule has 0 bridgehead atoms. The molecule has 1 aromatic carbocycles. The standard InChI is InChI=1S/C16H24N2O3/c1-12(18-8-4-6-14(19)11-18)16(20)17-10-13-5-3-7-15(9-13)21-2/h3,5,7,9,12,14,19H,4,6,8,10-11H2,1-2H3,(H,17,20). The maximum absolute atomic E-state index is 12.2. The molecule has 0 saturated carbocycles. The van der Waals surface area contributed by atoms with Gasteiger partial charge in [0, 0.05) is 13.1 Å². The number of carbonyl (C=O) groups excluding carboxylic acids is 1. The number of hydrogen-bond donors (Lipinski definition) is 2. The monoisotopic (exact) mass is 292 g/mol. The Labute approximate surface area is 125 Å². The molecular formula is C16H24N2O3. The van der Waals surface area contributed by atoms with Crippen LogP contribution in [0.15, 0.2) is 24.3 Å². The average molecular weight is 292 g/mol. The number of nitrogens with one attached hydrogen (secondary N) is 1. The third kappa shape index (κ3) is 4.44. The van der Waals surface area contributed by atoms with Crippen LogP contribution in [0.4, 0.5) is 0 Å². The van der Waals surface area contributed by atoms with Gasteiger partial charge in [-0.1, -0.05) is 12.1 Å². The lowest BCUT2D eigenvalue weighted by molar-refractivity contribution is -0.127. The van der Waals surface area contributed by atoms with E-state index in [1.165, 1.54) is 0 Å². The number of aliphatic hydroxyl groups is 1. The number of nitrogens with zero attached hydrogens (tertiary/aromatic N) is 1. The summed E-state index contributed by atoms with van der Waals surface area (Å²) in [5.41, 5.74) is 1.01. The van der Waals surface area contributed by atoms with Crippen molar-refractivity contribution in [2.24, 2.45) is 0 Å². The summed E-state index contributed by atoms with van der Waals surface area (Å²) in [5, 5.41) is 12.6. The number of benzene rings is 1. The minimum absolute atomic E-state index is 0.00748. The number of rotatable bonds is 5. The summed E-state index contributed by atoms with van der Waals surface area (Å²) in [4.78, 5) is 14.2. The second-order valence-electron chi connectivity index (χ2n) is 5.54. The predicted octanol–water partition coefficient (Wildman–Crippen LogP) is 1.16. The summed E-state index contributed by atoms with van der Waals surface area (Å²) in [5.74, 6) is 0.779. The molecule has 2 unspecified atom stereocenters. The Hall–Kier alpha value is -1.59. The molecule has 1 aromatic rings. The van der Waals surface area contributed by atoms with Crippen LogP contribution in [0.3, 0.4) is 0 Å². The Kier molecular flexibility index (Phi) is 5.59. The molecule has 2 rings (SSSR count). The molecule has 1 saturated heterocycles. The highest BCUT2D eigenvalue weighted by Crippen LogP contribution is 2.14. The molecule has 0 radical (unpaired) electrons. The van der Waals surface area contributed by atoms with Gasteiger partial charge in [0.05, 0.1) is 19.3 Å². The summed E-state index contributed by atoms with van der Waals surface area (Å²) in [6.07, 6.45) is 1.45. The Balaban J connectivity index is 1.85. The SMILES string of the molecule is COc1cccc(CNC(=O)C(C)N2CCCC(O)C2)c1. The molecule has 1 aliphatic rings. The van der Waals surface area contributed by atoms with Crippen LogP contribution in [0.2, 0.25) is 0 Å². The first-order valence-corrected chi connectivity index (χ1v) is 7.43. The van der Waals surface area contributed by atoms with Crippen molar-refractivity contribution in [1.29, 1.82) is 0 Å². The van der Waals surface area contributed by atoms with Crippen molar-refractivity contribution in [1.82, 2.24) is 10.2 Å². The molecule has 1 fully saturated rings. The van der Waals surface area contributed by atoms with Crippen LogP contribution in [-0.2, 0) is 11.3 Å². The molecule has 0 aliphatic carbocycles. The van der Waals surface area contributed by atoms with E-state index in [2.05, 4.69) is 5.32 Å². The zero-order valence-electron chi connectivity index (χ0n) is 12.7. The van der Waals surface area contributed by atoms with Gasteiger partial charge < -0.3 is 15.2 Å². The van der Waals surface area contributed by atoms with E-state index in [0.29, 0.717) is 13.1 Å². The lowest BCUT2D eigenvalue weighted by Gasteiger charge is -2.33. The van der Waals surface area contributed by atoms with Crippen LogP contribution in [0.25, 0.3) is 0 Å². The number of aliphatic hydroxyl groups excluding tert-OH is 1. The average Bonchev–Trinajstić information content (AvgIpc) is 2.52. The number of methoxy groups -OCH3 is 1. The van der Waals surface area contributed by atoms with Crippen molar-refractivity contribution >= 4 is 5.91 Å². The Bertz CT molecular complexity index is 478. The molecule has 0 spiro atoms. The minimum atomic E-state index is -0.313. The van der Waals surface area contributed by atoms with Gasteiger partial charge >= 0.3 is 0 Å². The fourth-order valence-corrected chi connectivity index (χ4v) is 2.62. The van der Waals surface area contributed by atoms with Crippen molar-refractivity contribution in [2.75, 3.05) is 20.2 Å². The number of ether oxygens (including phenoxy) is 1. The van der Waals surface area contributed by atoms with Gasteiger partial charge in [-0.2, -0.15) is 0 Å². The van der Waals surface area contributed by atoms with Crippen molar-refractivity contribution in [3.63, 3.8) is 0 Å². The largest absolute Gasteiger partial charge is 0.497 e. The van der Waals surface area contributed by atoms with Crippen LogP contribution in [0.5, 0.6) is 5.75 Å². The molecule has 1 aliphatic heterocycles. The third-order valence-electron chi connectivity index (χ3n) is 3.96.